The van der Waals surface area contributed by atoms with Crippen molar-refractivity contribution in [2.24, 2.45) is 0 Å². The lowest BCUT2D eigenvalue weighted by molar-refractivity contribution is 0.101. The molecule has 0 aliphatic carbocycles. The highest BCUT2D eigenvalue weighted by Crippen LogP contribution is 2.24. The van der Waals surface area contributed by atoms with Gasteiger partial charge in [-0.25, -0.2) is 0 Å². The van der Waals surface area contributed by atoms with E-state index in [2.05, 4.69) is 34.7 Å². The minimum absolute atomic E-state index is 0.0360. The summed E-state index contributed by atoms with van der Waals surface area (Å²) in [6.07, 6.45) is 0. The van der Waals surface area contributed by atoms with Crippen LogP contribution in [0.3, 0.4) is 0 Å². The Bertz CT molecular complexity index is 441. The van der Waals surface area contributed by atoms with E-state index < -0.39 is 0 Å². The maximum Gasteiger partial charge on any atom is 0.160 e. The van der Waals surface area contributed by atoms with Crippen LogP contribution in [0.25, 0.3) is 0 Å². The van der Waals surface area contributed by atoms with Crippen molar-refractivity contribution in [1.82, 2.24) is 4.90 Å². The number of carbonyl (C=O) groups is 1. The zero-order valence-electron chi connectivity index (χ0n) is 11.6. The second kappa shape index (κ2) is 5.85. The molecule has 0 fully saturated rings. The molecule has 1 aromatic carbocycles. The largest absolute Gasteiger partial charge is 0.492 e. The molecule has 0 radical (unpaired) electrons. The lowest BCUT2D eigenvalue weighted by Crippen LogP contribution is -2.43. The van der Waals surface area contributed by atoms with E-state index in [0.29, 0.717) is 12.2 Å². The van der Waals surface area contributed by atoms with Crippen LogP contribution in [0.4, 0.5) is 0 Å². The Hall–Kier alpha value is -0.870. The predicted octanol–water partition coefficient (Wildman–Crippen LogP) is 3.37. The Kier molecular flexibility index (Phi) is 4.93. The molecule has 4 heteroatoms. The molecule has 3 nitrogen and oxygen atoms in total. The second-order valence-electron chi connectivity index (χ2n) is 5.19. The van der Waals surface area contributed by atoms with Gasteiger partial charge < -0.3 is 9.64 Å². The van der Waals surface area contributed by atoms with E-state index in [1.54, 1.807) is 13.0 Å². The summed E-state index contributed by atoms with van der Waals surface area (Å²) in [6.45, 7) is 6.37. The Morgan fingerprint density at radius 2 is 2.00 bits per heavy atom. The van der Waals surface area contributed by atoms with Crippen LogP contribution in [-0.4, -0.2) is 36.9 Å². The molecule has 0 spiro atoms. The molecule has 18 heavy (non-hydrogen) atoms. The van der Waals surface area contributed by atoms with Gasteiger partial charge >= 0.3 is 0 Å². The first-order valence-electron chi connectivity index (χ1n) is 5.85. The number of ether oxygens (including phenoxy) is 1. The van der Waals surface area contributed by atoms with Crippen LogP contribution >= 0.6 is 15.9 Å². The highest BCUT2D eigenvalue weighted by molar-refractivity contribution is 9.10. The number of hydrogen-bond donors (Lipinski definition) is 0. The van der Waals surface area contributed by atoms with E-state index in [1.165, 1.54) is 0 Å². The van der Waals surface area contributed by atoms with E-state index >= 15 is 0 Å². The maximum absolute atomic E-state index is 11.3. The summed E-state index contributed by atoms with van der Waals surface area (Å²) in [5.74, 6) is 0.809. The zero-order chi connectivity index (χ0) is 13.9. The summed E-state index contributed by atoms with van der Waals surface area (Å²) >= 11 is 3.39. The molecule has 1 aromatic rings. The summed E-state index contributed by atoms with van der Waals surface area (Å²) in [5, 5.41) is 0. The summed E-state index contributed by atoms with van der Waals surface area (Å²) in [4.78, 5) is 13.4. The van der Waals surface area contributed by atoms with Crippen molar-refractivity contribution in [2.75, 3.05) is 20.7 Å². The fourth-order valence-corrected chi connectivity index (χ4v) is 1.90. The monoisotopic (exact) mass is 313 g/mol. The zero-order valence-corrected chi connectivity index (χ0v) is 13.2. The molecule has 0 heterocycles. The third-order valence-corrected chi connectivity index (χ3v) is 3.78. The maximum atomic E-state index is 11.3. The molecule has 0 aliphatic rings. The normalized spacial score (nSPS) is 11.7. The number of hydrogen-bond acceptors (Lipinski definition) is 3. The van der Waals surface area contributed by atoms with Crippen molar-refractivity contribution in [3.63, 3.8) is 0 Å². The van der Waals surface area contributed by atoms with E-state index in [1.807, 2.05) is 26.2 Å². The van der Waals surface area contributed by atoms with Crippen LogP contribution in [0.5, 0.6) is 5.75 Å². The minimum Gasteiger partial charge on any atom is -0.492 e. The van der Waals surface area contributed by atoms with Crippen molar-refractivity contribution < 1.29 is 9.53 Å². The highest BCUT2D eigenvalue weighted by Gasteiger charge is 2.21. The number of benzene rings is 1. The molecule has 0 saturated carbocycles. The number of rotatable bonds is 5. The number of halogens is 1. The van der Waals surface area contributed by atoms with Crippen molar-refractivity contribution in [3.05, 3.63) is 28.2 Å². The van der Waals surface area contributed by atoms with Crippen molar-refractivity contribution in [2.45, 2.75) is 26.3 Å². The van der Waals surface area contributed by atoms with E-state index in [0.717, 1.165) is 10.2 Å². The second-order valence-corrected chi connectivity index (χ2v) is 6.05. The Labute approximate surface area is 117 Å². The minimum atomic E-state index is -0.0360. The molecule has 100 valence electrons. The predicted molar refractivity (Wildman–Crippen MR) is 77.4 cm³/mol. The van der Waals surface area contributed by atoms with Gasteiger partial charge in [0.2, 0.25) is 0 Å². The third kappa shape index (κ3) is 3.82. The number of ketones is 1. The fraction of sp³-hybridized carbons (Fsp3) is 0.500. The summed E-state index contributed by atoms with van der Waals surface area (Å²) < 4.78 is 6.54. The number of likely N-dealkylation sites (N-methyl/N-ethyl adjacent to an activating group) is 1. The van der Waals surface area contributed by atoms with Crippen LogP contribution < -0.4 is 4.74 Å². The van der Waals surface area contributed by atoms with Gasteiger partial charge in [-0.05, 0) is 69.0 Å². The molecular formula is C14H20BrNO2. The lowest BCUT2D eigenvalue weighted by Gasteiger charge is -2.32. The third-order valence-electron chi connectivity index (χ3n) is 3.12. The molecule has 0 amide bonds. The average Bonchev–Trinajstić information content (AvgIpc) is 2.25. The Morgan fingerprint density at radius 3 is 2.44 bits per heavy atom. The molecule has 0 N–H and O–H groups in total. The Balaban J connectivity index is 2.76. The topological polar surface area (TPSA) is 29.5 Å². The number of Topliss-reactive ketones (excluding diaryl/α,β-unsaturated/α-hetero) is 1. The van der Waals surface area contributed by atoms with Crippen LogP contribution in [0, 0.1) is 0 Å². The molecule has 0 unspecified atom stereocenters. The van der Waals surface area contributed by atoms with E-state index in [4.69, 9.17) is 4.74 Å². The van der Waals surface area contributed by atoms with Gasteiger partial charge in [0, 0.05) is 15.6 Å². The smallest absolute Gasteiger partial charge is 0.160 e. The average molecular weight is 314 g/mol. The van der Waals surface area contributed by atoms with Gasteiger partial charge in [0.25, 0.3) is 0 Å². The van der Waals surface area contributed by atoms with Gasteiger partial charge in [0.1, 0.15) is 12.4 Å². The molecule has 0 atom stereocenters. The van der Waals surface area contributed by atoms with Crippen LogP contribution in [-0.2, 0) is 0 Å². The first-order chi connectivity index (χ1) is 8.24. The van der Waals surface area contributed by atoms with Gasteiger partial charge in [-0.2, -0.15) is 0 Å². The number of carbonyl (C=O) groups excluding carboxylic acids is 1. The molecule has 1 rings (SSSR count). The molecule has 0 aliphatic heterocycles. The summed E-state index contributed by atoms with van der Waals surface area (Å²) in [5.41, 5.74) is 0.639. The molecule has 0 aromatic heterocycles. The lowest BCUT2D eigenvalue weighted by atomic mass is 10.1. The van der Waals surface area contributed by atoms with Crippen molar-refractivity contribution in [3.8, 4) is 5.75 Å². The quantitative estimate of drug-likeness (QED) is 0.781. The molecule has 0 saturated heterocycles. The van der Waals surface area contributed by atoms with E-state index in [-0.39, 0.29) is 11.3 Å². The molecular weight excluding hydrogens is 294 g/mol. The van der Waals surface area contributed by atoms with E-state index in [9.17, 15) is 4.79 Å². The van der Waals surface area contributed by atoms with Crippen molar-refractivity contribution >= 4 is 21.7 Å². The standard InChI is InChI=1S/C14H20BrNO2/c1-10(17)12-7-6-11(8-13(12)15)18-9-14(2,3)16(4)5/h6-8H,9H2,1-5H3. The summed E-state index contributed by atoms with van der Waals surface area (Å²) in [6, 6.07) is 5.44. The first kappa shape index (κ1) is 15.2. The van der Waals surface area contributed by atoms with Gasteiger partial charge in [0.15, 0.2) is 5.78 Å². The van der Waals surface area contributed by atoms with Crippen LogP contribution in [0.1, 0.15) is 31.1 Å². The SMILES string of the molecule is CC(=O)c1ccc(OCC(C)(C)N(C)C)cc1Br. The first-order valence-corrected chi connectivity index (χ1v) is 6.64. The van der Waals surface area contributed by atoms with Gasteiger partial charge in [0.05, 0.1) is 0 Å². The fourth-order valence-electron chi connectivity index (χ4n) is 1.26. The van der Waals surface area contributed by atoms with Crippen LogP contribution in [0.2, 0.25) is 0 Å². The van der Waals surface area contributed by atoms with Gasteiger partial charge in [-0.3, -0.25) is 4.79 Å². The molecule has 0 bridgehead atoms. The van der Waals surface area contributed by atoms with Crippen LogP contribution in [0.15, 0.2) is 22.7 Å². The van der Waals surface area contributed by atoms with Gasteiger partial charge in [-0.15, -0.1) is 0 Å². The number of nitrogens with zero attached hydrogens (tertiary/aromatic N) is 1. The van der Waals surface area contributed by atoms with Crippen molar-refractivity contribution in [1.29, 1.82) is 0 Å². The van der Waals surface area contributed by atoms with Gasteiger partial charge in [-0.1, -0.05) is 0 Å². The summed E-state index contributed by atoms with van der Waals surface area (Å²) in [7, 11) is 4.05. The Morgan fingerprint density at radius 1 is 1.39 bits per heavy atom. The highest BCUT2D eigenvalue weighted by atomic mass is 79.9.